The molecule has 0 bridgehead atoms. The van der Waals surface area contributed by atoms with Crippen molar-refractivity contribution in [2.45, 2.75) is 6.92 Å². The van der Waals surface area contributed by atoms with Crippen LogP contribution in [0.15, 0.2) is 59.7 Å². The van der Waals surface area contributed by atoms with Gasteiger partial charge in [0, 0.05) is 32.2 Å². The fourth-order valence-corrected chi connectivity index (χ4v) is 4.19. The molecular formula is C28H34N6O4. The molecule has 10 heteroatoms. The average molecular weight is 519 g/mol. The van der Waals surface area contributed by atoms with E-state index in [1.54, 1.807) is 6.21 Å². The highest BCUT2D eigenvalue weighted by Crippen LogP contribution is 2.22. The SMILES string of the molecule is Cc1ccccc1OCCOc1ccc(C=NNc2cc(N3CCOCC3)nc(N3CCOCC3)n2)cc1. The Morgan fingerprint density at radius 3 is 2.29 bits per heavy atom. The molecule has 0 aliphatic carbocycles. The summed E-state index contributed by atoms with van der Waals surface area (Å²) in [5, 5.41) is 4.42. The van der Waals surface area contributed by atoms with Gasteiger partial charge in [-0.15, -0.1) is 0 Å². The highest BCUT2D eigenvalue weighted by molar-refractivity contribution is 5.80. The quantitative estimate of drug-likeness (QED) is 0.246. The van der Waals surface area contributed by atoms with E-state index in [9.17, 15) is 0 Å². The van der Waals surface area contributed by atoms with Gasteiger partial charge in [0.1, 0.15) is 30.5 Å². The normalized spacial score (nSPS) is 16.0. The van der Waals surface area contributed by atoms with E-state index in [4.69, 9.17) is 28.9 Å². The maximum Gasteiger partial charge on any atom is 0.229 e. The van der Waals surface area contributed by atoms with Crippen molar-refractivity contribution in [2.24, 2.45) is 5.10 Å². The maximum absolute atomic E-state index is 5.81. The highest BCUT2D eigenvalue weighted by Gasteiger charge is 2.19. The second-order valence-electron chi connectivity index (χ2n) is 9.01. The molecule has 38 heavy (non-hydrogen) atoms. The first-order valence-electron chi connectivity index (χ1n) is 13.0. The number of hydrazone groups is 1. The van der Waals surface area contributed by atoms with Crippen molar-refractivity contribution in [3.63, 3.8) is 0 Å². The largest absolute Gasteiger partial charge is 0.490 e. The number of nitrogens with one attached hydrogen (secondary N) is 1. The van der Waals surface area contributed by atoms with Crippen LogP contribution in [0.2, 0.25) is 0 Å². The van der Waals surface area contributed by atoms with E-state index < -0.39 is 0 Å². The Bertz CT molecular complexity index is 1160. The third kappa shape index (κ3) is 7.11. The topological polar surface area (TPSA) is 93.6 Å². The Hall–Kier alpha value is -3.89. The molecule has 2 saturated heterocycles. The van der Waals surface area contributed by atoms with Gasteiger partial charge in [0.25, 0.3) is 0 Å². The van der Waals surface area contributed by atoms with Gasteiger partial charge in [0.05, 0.1) is 32.6 Å². The molecule has 0 spiro atoms. The van der Waals surface area contributed by atoms with Crippen molar-refractivity contribution in [1.82, 2.24) is 9.97 Å². The van der Waals surface area contributed by atoms with Crippen LogP contribution in [-0.2, 0) is 9.47 Å². The van der Waals surface area contributed by atoms with E-state index in [1.165, 1.54) is 0 Å². The molecule has 10 nitrogen and oxygen atoms in total. The molecule has 1 N–H and O–H groups in total. The first-order valence-corrected chi connectivity index (χ1v) is 13.0. The standard InChI is InChI=1S/C28H34N6O4/c1-22-4-2-3-5-25(22)38-19-18-37-24-8-6-23(7-9-24)21-29-32-26-20-27(33-10-14-35-15-11-33)31-28(30-26)34-12-16-36-17-13-34/h2-9,20-21H,10-19H2,1H3,(H,30,31,32). The minimum atomic E-state index is 0.466. The number of aryl methyl sites for hydroxylation is 1. The van der Waals surface area contributed by atoms with Gasteiger partial charge >= 0.3 is 0 Å². The second-order valence-corrected chi connectivity index (χ2v) is 9.01. The van der Waals surface area contributed by atoms with E-state index >= 15 is 0 Å². The van der Waals surface area contributed by atoms with E-state index in [-0.39, 0.29) is 0 Å². The van der Waals surface area contributed by atoms with E-state index in [1.807, 2.05) is 61.5 Å². The van der Waals surface area contributed by atoms with Crippen LogP contribution >= 0.6 is 0 Å². The van der Waals surface area contributed by atoms with Gasteiger partial charge in [-0.2, -0.15) is 15.1 Å². The summed E-state index contributed by atoms with van der Waals surface area (Å²) < 4.78 is 22.6. The Labute approximate surface area is 223 Å². The Kier molecular flexibility index (Phi) is 8.85. The van der Waals surface area contributed by atoms with Crippen LogP contribution in [0.3, 0.4) is 0 Å². The Balaban J connectivity index is 1.16. The minimum Gasteiger partial charge on any atom is -0.490 e. The Morgan fingerprint density at radius 1 is 0.868 bits per heavy atom. The Morgan fingerprint density at radius 2 is 1.55 bits per heavy atom. The fraction of sp³-hybridized carbons (Fsp3) is 0.393. The van der Waals surface area contributed by atoms with Crippen molar-refractivity contribution < 1.29 is 18.9 Å². The first-order chi connectivity index (χ1) is 18.7. The predicted molar refractivity (Wildman–Crippen MR) is 148 cm³/mol. The zero-order valence-corrected chi connectivity index (χ0v) is 21.7. The molecule has 0 atom stereocenters. The summed E-state index contributed by atoms with van der Waals surface area (Å²) in [4.78, 5) is 13.9. The summed E-state index contributed by atoms with van der Waals surface area (Å²) in [5.74, 6) is 3.86. The van der Waals surface area contributed by atoms with E-state index in [0.717, 1.165) is 54.6 Å². The summed E-state index contributed by atoms with van der Waals surface area (Å²) in [6.45, 7) is 8.84. The van der Waals surface area contributed by atoms with Crippen molar-refractivity contribution in [3.8, 4) is 11.5 Å². The van der Waals surface area contributed by atoms with Crippen molar-refractivity contribution in [3.05, 3.63) is 65.7 Å². The molecule has 5 rings (SSSR count). The lowest BCUT2D eigenvalue weighted by Gasteiger charge is -2.31. The number of aromatic nitrogens is 2. The molecule has 0 saturated carbocycles. The number of para-hydroxylation sites is 1. The smallest absolute Gasteiger partial charge is 0.229 e. The molecule has 2 fully saturated rings. The summed E-state index contributed by atoms with van der Waals surface area (Å²) in [6.07, 6.45) is 1.76. The van der Waals surface area contributed by atoms with Gasteiger partial charge < -0.3 is 28.7 Å². The number of benzene rings is 2. The summed E-state index contributed by atoms with van der Waals surface area (Å²) >= 11 is 0. The lowest BCUT2D eigenvalue weighted by Crippen LogP contribution is -2.39. The van der Waals surface area contributed by atoms with Gasteiger partial charge in [-0.1, -0.05) is 18.2 Å². The third-order valence-corrected chi connectivity index (χ3v) is 6.31. The van der Waals surface area contributed by atoms with Gasteiger partial charge in [-0.05, 0) is 48.4 Å². The lowest BCUT2D eigenvalue weighted by atomic mass is 10.2. The van der Waals surface area contributed by atoms with Crippen LogP contribution in [0.1, 0.15) is 11.1 Å². The molecule has 2 aliphatic rings. The molecule has 2 aromatic carbocycles. The molecule has 2 aliphatic heterocycles. The van der Waals surface area contributed by atoms with Crippen LogP contribution in [0, 0.1) is 6.92 Å². The van der Waals surface area contributed by atoms with Crippen molar-refractivity contribution in [1.29, 1.82) is 0 Å². The number of anilines is 3. The molecule has 1 aromatic heterocycles. The summed E-state index contributed by atoms with van der Waals surface area (Å²) in [6, 6.07) is 17.7. The zero-order chi connectivity index (χ0) is 26.0. The van der Waals surface area contributed by atoms with Crippen LogP contribution in [-0.4, -0.2) is 82.0 Å². The van der Waals surface area contributed by atoms with Crippen LogP contribution < -0.4 is 24.7 Å². The predicted octanol–water partition coefficient (Wildman–Crippen LogP) is 3.36. The number of morpholine rings is 2. The molecule has 0 radical (unpaired) electrons. The van der Waals surface area contributed by atoms with Crippen LogP contribution in [0.4, 0.5) is 17.6 Å². The molecule has 200 valence electrons. The molecular weight excluding hydrogens is 484 g/mol. The van der Waals surface area contributed by atoms with Gasteiger partial charge in [-0.25, -0.2) is 0 Å². The monoisotopic (exact) mass is 518 g/mol. The lowest BCUT2D eigenvalue weighted by molar-refractivity contribution is 0.121. The average Bonchev–Trinajstić information content (AvgIpc) is 2.98. The number of ether oxygens (including phenoxy) is 4. The number of rotatable bonds is 10. The van der Waals surface area contributed by atoms with Crippen molar-refractivity contribution in [2.75, 3.05) is 81.0 Å². The molecule has 0 unspecified atom stereocenters. The molecule has 0 amide bonds. The number of nitrogens with zero attached hydrogens (tertiary/aromatic N) is 5. The maximum atomic E-state index is 5.81. The van der Waals surface area contributed by atoms with Gasteiger partial charge in [0.15, 0.2) is 5.82 Å². The first kappa shape index (κ1) is 25.7. The number of hydrogen-bond acceptors (Lipinski definition) is 10. The zero-order valence-electron chi connectivity index (χ0n) is 21.7. The van der Waals surface area contributed by atoms with Gasteiger partial charge in [0.2, 0.25) is 5.95 Å². The van der Waals surface area contributed by atoms with E-state index in [0.29, 0.717) is 51.4 Å². The summed E-state index contributed by atoms with van der Waals surface area (Å²) in [7, 11) is 0. The van der Waals surface area contributed by atoms with Gasteiger partial charge in [-0.3, -0.25) is 5.43 Å². The van der Waals surface area contributed by atoms with Crippen molar-refractivity contribution >= 4 is 23.8 Å². The number of hydrogen-bond donors (Lipinski definition) is 1. The second kappa shape index (κ2) is 13.1. The molecule has 3 heterocycles. The highest BCUT2D eigenvalue weighted by atomic mass is 16.5. The third-order valence-electron chi connectivity index (χ3n) is 6.31. The van der Waals surface area contributed by atoms with E-state index in [2.05, 4.69) is 20.3 Å². The minimum absolute atomic E-state index is 0.466. The van der Waals surface area contributed by atoms with Crippen LogP contribution in [0.25, 0.3) is 0 Å². The molecule has 3 aromatic rings. The fourth-order valence-electron chi connectivity index (χ4n) is 4.19. The van der Waals surface area contributed by atoms with Crippen LogP contribution in [0.5, 0.6) is 11.5 Å². The summed E-state index contributed by atoms with van der Waals surface area (Å²) in [5.41, 5.74) is 5.14.